The molecule has 1 atom stereocenters. The van der Waals surface area contributed by atoms with Gasteiger partial charge in [0.2, 0.25) is 0 Å². The van der Waals surface area contributed by atoms with E-state index in [2.05, 4.69) is 4.74 Å². The number of rotatable bonds is 4. The second-order valence-electron chi connectivity index (χ2n) is 4.73. The Labute approximate surface area is 144 Å². The number of esters is 1. The van der Waals surface area contributed by atoms with Crippen molar-refractivity contribution in [3.05, 3.63) is 65.0 Å². The van der Waals surface area contributed by atoms with E-state index in [1.807, 2.05) is 30.6 Å². The normalized spacial score (nSPS) is 11.6. The molecule has 1 unspecified atom stereocenters. The van der Waals surface area contributed by atoms with Crippen molar-refractivity contribution in [2.24, 2.45) is 0 Å². The first-order valence-corrected chi connectivity index (χ1v) is 8.31. The first-order valence-electron chi connectivity index (χ1n) is 6.90. The van der Waals surface area contributed by atoms with Crippen LogP contribution in [0.15, 0.2) is 59.8 Å². The highest BCUT2D eigenvalue weighted by Gasteiger charge is 2.21. The summed E-state index contributed by atoms with van der Waals surface area (Å²) in [6.45, 7) is 1.80. The number of benzene rings is 1. The highest BCUT2D eigenvalue weighted by Crippen LogP contribution is 2.16. The standard InChI is InChI=1S/C9H12NO2.C6H5NO5S/c1-8(9(11)12-2)10-6-4-3-5-7-10;8-7(9)5-2-1-3-6(4-5)13(10,11)12/h3-8H,1-2H3;1-4H,(H,10,11,12)/q+1;/p-1. The van der Waals surface area contributed by atoms with Crippen molar-refractivity contribution in [2.75, 3.05) is 7.11 Å². The van der Waals surface area contributed by atoms with E-state index in [4.69, 9.17) is 0 Å². The fourth-order valence-corrected chi connectivity index (χ4v) is 2.23. The lowest BCUT2D eigenvalue weighted by atomic mass is 10.3. The average Bonchev–Trinajstić information content (AvgIpc) is 2.61. The minimum absolute atomic E-state index is 0.230. The molecule has 1 aromatic carbocycles. The van der Waals surface area contributed by atoms with Gasteiger partial charge in [0.15, 0.2) is 12.4 Å². The Kier molecular flexibility index (Phi) is 7.15. The number of nitro groups is 1. The van der Waals surface area contributed by atoms with Gasteiger partial charge in [0.1, 0.15) is 10.1 Å². The number of hydrogen-bond donors (Lipinski definition) is 0. The van der Waals surface area contributed by atoms with Crippen LogP contribution < -0.4 is 4.57 Å². The maximum Gasteiger partial charge on any atom is 0.375 e. The predicted molar refractivity (Wildman–Crippen MR) is 84.4 cm³/mol. The van der Waals surface area contributed by atoms with Gasteiger partial charge in [-0.2, -0.15) is 4.57 Å². The molecule has 0 bridgehead atoms. The fraction of sp³-hybridized carbons (Fsp3) is 0.200. The zero-order valence-corrected chi connectivity index (χ0v) is 14.3. The van der Waals surface area contributed by atoms with E-state index in [1.54, 1.807) is 11.5 Å². The molecule has 0 aliphatic rings. The average molecular weight is 368 g/mol. The molecule has 0 saturated carbocycles. The summed E-state index contributed by atoms with van der Waals surface area (Å²) in [5, 5.41) is 10.2. The van der Waals surface area contributed by atoms with E-state index >= 15 is 0 Å². The van der Waals surface area contributed by atoms with Crippen molar-refractivity contribution in [1.29, 1.82) is 0 Å². The Bertz CT molecular complexity index is 838. The number of ether oxygens (including phenoxy) is 1. The lowest BCUT2D eigenvalue weighted by molar-refractivity contribution is -0.707. The molecule has 2 rings (SSSR count). The smallest absolute Gasteiger partial charge is 0.375 e. The molecule has 0 spiro atoms. The van der Waals surface area contributed by atoms with Crippen LogP contribution in [0.3, 0.4) is 0 Å². The van der Waals surface area contributed by atoms with E-state index in [1.165, 1.54) is 7.11 Å². The minimum Gasteiger partial charge on any atom is -0.744 e. The SMILES string of the molecule is COC(=O)C(C)[n+]1ccccc1.O=[N+]([O-])c1cccc(S(=O)(=O)[O-])c1. The van der Waals surface area contributed by atoms with Gasteiger partial charge in [-0.25, -0.2) is 13.2 Å². The van der Waals surface area contributed by atoms with Gasteiger partial charge in [0.05, 0.1) is 16.9 Å². The molecular formula is C15H16N2O7S. The summed E-state index contributed by atoms with van der Waals surface area (Å²) in [5.74, 6) is -0.230. The molecule has 1 heterocycles. The maximum absolute atomic E-state index is 11.1. The molecule has 0 N–H and O–H groups in total. The van der Waals surface area contributed by atoms with Crippen molar-refractivity contribution in [3.8, 4) is 0 Å². The van der Waals surface area contributed by atoms with Gasteiger partial charge in [0.25, 0.3) is 11.7 Å². The van der Waals surface area contributed by atoms with E-state index in [0.29, 0.717) is 0 Å². The zero-order valence-electron chi connectivity index (χ0n) is 13.4. The first kappa shape index (κ1) is 20.2. The molecule has 1 aromatic heterocycles. The van der Waals surface area contributed by atoms with Gasteiger partial charge >= 0.3 is 5.97 Å². The van der Waals surface area contributed by atoms with Gasteiger partial charge in [-0.1, -0.05) is 12.1 Å². The fourth-order valence-electron chi connectivity index (χ4n) is 1.72. The first-order chi connectivity index (χ1) is 11.7. The highest BCUT2D eigenvalue weighted by atomic mass is 32.2. The summed E-state index contributed by atoms with van der Waals surface area (Å²) in [6, 6.07) is 9.38. The van der Waals surface area contributed by atoms with Crippen LogP contribution in [0.25, 0.3) is 0 Å². The third kappa shape index (κ3) is 6.28. The number of pyridine rings is 1. The molecule has 0 fully saturated rings. The van der Waals surface area contributed by atoms with E-state index in [9.17, 15) is 27.9 Å². The van der Waals surface area contributed by atoms with Gasteiger partial charge in [-0.05, 0) is 6.07 Å². The van der Waals surface area contributed by atoms with Crippen molar-refractivity contribution >= 4 is 21.8 Å². The topological polar surface area (TPSA) is 131 Å². The quantitative estimate of drug-likeness (QED) is 0.260. The van der Waals surface area contributed by atoms with Crippen LogP contribution in [0, 0.1) is 10.1 Å². The monoisotopic (exact) mass is 368 g/mol. The molecule has 0 aliphatic heterocycles. The number of non-ortho nitro benzene ring substituents is 1. The summed E-state index contributed by atoms with van der Waals surface area (Å²) in [6.07, 6.45) is 3.67. The van der Waals surface area contributed by atoms with Crippen LogP contribution in [-0.2, 0) is 19.6 Å². The number of carbonyl (C=O) groups is 1. The highest BCUT2D eigenvalue weighted by molar-refractivity contribution is 7.85. The predicted octanol–water partition coefficient (Wildman–Crippen LogP) is 1.21. The van der Waals surface area contributed by atoms with Gasteiger partial charge in [-0.15, -0.1) is 0 Å². The van der Waals surface area contributed by atoms with Gasteiger partial charge in [-0.3, -0.25) is 10.1 Å². The van der Waals surface area contributed by atoms with Crippen molar-refractivity contribution in [1.82, 2.24) is 0 Å². The molecule has 0 saturated heterocycles. The summed E-state index contributed by atoms with van der Waals surface area (Å²) in [4.78, 5) is 19.9. The van der Waals surface area contributed by atoms with Gasteiger partial charge < -0.3 is 9.29 Å². The minimum atomic E-state index is -4.61. The molecule has 10 heteroatoms. The lowest BCUT2D eigenvalue weighted by Gasteiger charge is -2.05. The summed E-state index contributed by atoms with van der Waals surface area (Å²) >= 11 is 0. The molecular weight excluding hydrogens is 352 g/mol. The van der Waals surface area contributed by atoms with Crippen LogP contribution >= 0.6 is 0 Å². The zero-order chi connectivity index (χ0) is 19.0. The summed E-state index contributed by atoms with van der Waals surface area (Å²) < 4.78 is 37.7. The van der Waals surface area contributed by atoms with E-state index in [-0.39, 0.29) is 12.0 Å². The second-order valence-corrected chi connectivity index (χ2v) is 6.11. The molecule has 0 aliphatic carbocycles. The number of aromatic nitrogens is 1. The number of methoxy groups -OCH3 is 1. The van der Waals surface area contributed by atoms with Crippen LogP contribution in [-0.4, -0.2) is 31.0 Å². The number of nitro benzene ring substituents is 1. The lowest BCUT2D eigenvalue weighted by Crippen LogP contribution is -2.41. The molecule has 2 aromatic rings. The number of hydrogen-bond acceptors (Lipinski definition) is 7. The Hall–Kier alpha value is -2.85. The Morgan fingerprint density at radius 2 is 1.80 bits per heavy atom. The Morgan fingerprint density at radius 3 is 2.28 bits per heavy atom. The Balaban J connectivity index is 0.000000251. The molecule has 0 amide bonds. The van der Waals surface area contributed by atoms with E-state index in [0.717, 1.165) is 24.3 Å². The molecule has 25 heavy (non-hydrogen) atoms. The molecule has 0 radical (unpaired) electrons. The molecule has 9 nitrogen and oxygen atoms in total. The van der Waals surface area contributed by atoms with Crippen LogP contribution in [0.1, 0.15) is 13.0 Å². The van der Waals surface area contributed by atoms with Crippen molar-refractivity contribution in [2.45, 2.75) is 17.9 Å². The van der Waals surface area contributed by atoms with Crippen molar-refractivity contribution < 1.29 is 32.0 Å². The second kappa shape index (κ2) is 8.85. The third-order valence-electron chi connectivity index (χ3n) is 3.05. The summed E-state index contributed by atoms with van der Waals surface area (Å²) in [7, 11) is -3.22. The van der Waals surface area contributed by atoms with Crippen LogP contribution in [0.5, 0.6) is 0 Å². The van der Waals surface area contributed by atoms with Gasteiger partial charge in [0, 0.05) is 31.2 Å². The third-order valence-corrected chi connectivity index (χ3v) is 3.88. The maximum atomic E-state index is 11.1. The summed E-state index contributed by atoms with van der Waals surface area (Å²) in [5.41, 5.74) is -0.420. The van der Waals surface area contributed by atoms with Crippen molar-refractivity contribution in [3.63, 3.8) is 0 Å². The molecule has 134 valence electrons. The van der Waals surface area contributed by atoms with E-state index < -0.39 is 25.6 Å². The largest absolute Gasteiger partial charge is 0.744 e. The van der Waals surface area contributed by atoms with Crippen LogP contribution in [0.4, 0.5) is 5.69 Å². The van der Waals surface area contributed by atoms with Crippen LogP contribution in [0.2, 0.25) is 0 Å². The number of nitrogens with zero attached hydrogens (tertiary/aromatic N) is 2. The number of carbonyl (C=O) groups excluding carboxylic acids is 1. The Morgan fingerprint density at radius 1 is 1.20 bits per heavy atom.